The Hall–Kier alpha value is -4.30. The summed E-state index contributed by atoms with van der Waals surface area (Å²) in [5, 5.41) is 16.9. The number of aliphatic carboxylic acids is 1. The van der Waals surface area contributed by atoms with Gasteiger partial charge in [-0.25, -0.2) is 4.39 Å². The van der Waals surface area contributed by atoms with Crippen LogP contribution in [0.4, 0.5) is 15.8 Å². The van der Waals surface area contributed by atoms with E-state index in [0.717, 1.165) is 0 Å². The van der Waals surface area contributed by atoms with Crippen molar-refractivity contribution in [1.29, 1.82) is 0 Å². The maximum atomic E-state index is 13.2. The van der Waals surface area contributed by atoms with Gasteiger partial charge in [0.25, 0.3) is 0 Å². The van der Waals surface area contributed by atoms with Crippen LogP contribution >= 0.6 is 11.6 Å². The van der Waals surface area contributed by atoms with Crippen LogP contribution < -0.4 is 48.8 Å². The van der Waals surface area contributed by atoms with Crippen molar-refractivity contribution < 1.29 is 57.0 Å². The predicted molar refractivity (Wildman–Crippen MR) is 155 cm³/mol. The van der Waals surface area contributed by atoms with Crippen molar-refractivity contribution in [2.24, 2.45) is 5.41 Å². The summed E-state index contributed by atoms with van der Waals surface area (Å²) >= 11 is 6.51. The number of pyridine rings is 1. The van der Waals surface area contributed by atoms with E-state index in [1.807, 2.05) is 0 Å². The monoisotopic (exact) mass is 613 g/mol. The molecule has 222 valence electrons. The van der Waals surface area contributed by atoms with Gasteiger partial charge in [-0.15, -0.1) is 0 Å². The van der Waals surface area contributed by atoms with Gasteiger partial charge in [0.05, 0.1) is 24.3 Å². The second-order valence-corrected chi connectivity index (χ2v) is 10.3. The fourth-order valence-corrected chi connectivity index (χ4v) is 4.60. The molecule has 1 aromatic heterocycles. The Morgan fingerprint density at radius 2 is 1.61 bits per heavy atom. The Bertz CT molecular complexity index is 1700. The molecule has 2 amide bonds. The summed E-state index contributed by atoms with van der Waals surface area (Å²) in [6, 6.07) is 15.0. The Morgan fingerprint density at radius 3 is 2.25 bits per heavy atom. The van der Waals surface area contributed by atoms with Crippen LogP contribution in [0.3, 0.4) is 0 Å². The molecule has 5 rings (SSSR count). The first-order chi connectivity index (χ1) is 20.7. The second kappa shape index (κ2) is 14.0. The van der Waals surface area contributed by atoms with Gasteiger partial charge in [0, 0.05) is 35.0 Å². The first kappa shape index (κ1) is 32.6. The minimum atomic E-state index is -1.22. The van der Waals surface area contributed by atoms with E-state index in [1.54, 1.807) is 36.5 Å². The van der Waals surface area contributed by atoms with E-state index >= 15 is 0 Å². The zero-order chi connectivity index (χ0) is 30.6. The molecule has 4 aromatic rings. The number of methoxy groups -OCH3 is 1. The Labute approximate surface area is 269 Å². The van der Waals surface area contributed by atoms with Gasteiger partial charge in [-0.2, -0.15) is 0 Å². The zero-order valence-corrected chi connectivity index (χ0v) is 24.7. The van der Waals surface area contributed by atoms with Gasteiger partial charge in [-0.05, 0) is 80.3 Å². The van der Waals surface area contributed by atoms with E-state index < -0.39 is 29.0 Å². The number of hydrogen-bond donors (Lipinski definition) is 2. The first-order valence-corrected chi connectivity index (χ1v) is 13.7. The second-order valence-electron chi connectivity index (χ2n) is 9.90. The minimum absolute atomic E-state index is 0. The molecule has 0 unspecified atom stereocenters. The van der Waals surface area contributed by atoms with Crippen molar-refractivity contribution in [3.05, 3.63) is 77.7 Å². The van der Waals surface area contributed by atoms with Gasteiger partial charge in [-0.3, -0.25) is 14.6 Å². The molecule has 0 saturated heterocycles. The van der Waals surface area contributed by atoms with Crippen LogP contribution in [0, 0.1) is 11.2 Å². The Kier molecular flexibility index (Phi) is 10.4. The number of anilines is 2. The topological polar surface area (TPSA) is 139 Å². The van der Waals surface area contributed by atoms with Crippen LogP contribution in [0.15, 0.2) is 66.9 Å². The molecule has 10 nitrogen and oxygen atoms in total. The number of aromatic nitrogens is 1. The Balaban J connectivity index is 0.00000442. The molecule has 1 fully saturated rings. The molecule has 1 aliphatic rings. The van der Waals surface area contributed by atoms with E-state index in [1.165, 1.54) is 37.4 Å². The van der Waals surface area contributed by atoms with Crippen molar-refractivity contribution in [2.75, 3.05) is 24.4 Å². The molecule has 0 aliphatic heterocycles. The number of amides is 2. The van der Waals surface area contributed by atoms with Gasteiger partial charge in [-0.1, -0.05) is 11.6 Å². The summed E-state index contributed by atoms with van der Waals surface area (Å²) in [5.41, 5.74) is 0.0986. The molecular weight excluding hydrogens is 588 g/mol. The van der Waals surface area contributed by atoms with Crippen LogP contribution in [-0.4, -0.2) is 36.5 Å². The van der Waals surface area contributed by atoms with Crippen LogP contribution in [0.25, 0.3) is 10.9 Å². The van der Waals surface area contributed by atoms with E-state index in [0.29, 0.717) is 58.1 Å². The fraction of sp³-hybridized carbons (Fsp3) is 0.226. The van der Waals surface area contributed by atoms with Crippen LogP contribution in [-0.2, 0) is 14.4 Å². The molecule has 0 radical (unpaired) electrons. The van der Waals surface area contributed by atoms with Crippen LogP contribution in [0.1, 0.15) is 25.7 Å². The molecule has 13 heteroatoms. The number of benzene rings is 3. The van der Waals surface area contributed by atoms with Crippen molar-refractivity contribution in [2.45, 2.75) is 25.7 Å². The number of halogens is 2. The van der Waals surface area contributed by atoms with Crippen molar-refractivity contribution in [3.63, 3.8) is 0 Å². The summed E-state index contributed by atoms with van der Waals surface area (Å²) in [5.74, 6) is -0.971. The number of nitrogens with zero attached hydrogens (tertiary/aromatic N) is 1. The van der Waals surface area contributed by atoms with Gasteiger partial charge in [0.2, 0.25) is 11.8 Å². The van der Waals surface area contributed by atoms with Crippen LogP contribution in [0.5, 0.6) is 23.0 Å². The average Bonchev–Trinajstić information content (AvgIpc) is 3.80. The first-order valence-electron chi connectivity index (χ1n) is 13.3. The molecule has 1 heterocycles. The van der Waals surface area contributed by atoms with Gasteiger partial charge in [0.15, 0.2) is 11.5 Å². The zero-order valence-electron chi connectivity index (χ0n) is 23.9. The molecule has 0 spiro atoms. The van der Waals surface area contributed by atoms with E-state index in [9.17, 15) is 23.9 Å². The van der Waals surface area contributed by atoms with Crippen molar-refractivity contribution in [3.8, 4) is 23.0 Å². The quantitative estimate of drug-likeness (QED) is 0.141. The average molecular weight is 614 g/mol. The molecule has 1 aliphatic carbocycles. The van der Waals surface area contributed by atoms with Gasteiger partial charge < -0.3 is 34.7 Å². The van der Waals surface area contributed by atoms with Gasteiger partial charge in [0.1, 0.15) is 22.7 Å². The van der Waals surface area contributed by atoms with E-state index in [4.69, 9.17) is 25.8 Å². The normalized spacial score (nSPS) is 12.9. The summed E-state index contributed by atoms with van der Waals surface area (Å²) in [7, 11) is 1.48. The maximum Gasteiger partial charge on any atom is 1.00 e. The van der Waals surface area contributed by atoms with E-state index in [2.05, 4.69) is 15.6 Å². The number of ether oxygens (including phenoxy) is 3. The number of carbonyl (C=O) groups excluding carboxylic acids is 3. The molecule has 0 atom stereocenters. The fourth-order valence-electron chi connectivity index (χ4n) is 4.39. The largest absolute Gasteiger partial charge is 1.00 e. The number of hydrogen-bond acceptors (Lipinski definition) is 8. The van der Waals surface area contributed by atoms with Crippen LogP contribution in [0.2, 0.25) is 5.02 Å². The summed E-state index contributed by atoms with van der Waals surface area (Å²) in [4.78, 5) is 40.9. The SMILES string of the molecule is COc1cc2c(Oc3ccc(NC(=O)C4(C(=O)Nc5ccc(F)cc5)CC4)cc3Cl)ccnc2cc1OCCCC(=O)[O-].[Li+]. The summed E-state index contributed by atoms with van der Waals surface area (Å²) in [6.45, 7) is 0.157. The molecule has 3 aromatic carbocycles. The predicted octanol–water partition coefficient (Wildman–Crippen LogP) is 2.10. The van der Waals surface area contributed by atoms with Gasteiger partial charge >= 0.3 is 18.9 Å². The summed E-state index contributed by atoms with van der Waals surface area (Å²) < 4.78 is 30.4. The summed E-state index contributed by atoms with van der Waals surface area (Å²) in [6.07, 6.45) is 2.47. The number of rotatable bonds is 12. The third kappa shape index (κ3) is 7.42. The standard InChI is InChI=1S/C31H27ClFN3O7.Li/c1-41-26-16-21-23(17-27(26)42-14-2-3-28(37)38)34-13-10-24(21)43-25-9-8-20(15-22(25)32)36-30(40)31(11-12-31)29(39)35-19-6-4-18(33)5-7-19;/h4-10,13,15-17H,2-3,11-12,14H2,1H3,(H,35,39)(H,36,40)(H,37,38);/q;+1/p-1. The minimum Gasteiger partial charge on any atom is -0.550 e. The number of nitrogens with one attached hydrogen (secondary N) is 2. The van der Waals surface area contributed by atoms with Crippen molar-refractivity contribution >= 4 is 51.7 Å². The van der Waals surface area contributed by atoms with E-state index in [-0.39, 0.29) is 43.3 Å². The number of carbonyl (C=O) groups is 3. The smallest absolute Gasteiger partial charge is 0.550 e. The molecule has 0 bridgehead atoms. The molecule has 1 saturated carbocycles. The number of fused-ring (bicyclic) bond motifs is 1. The third-order valence-electron chi connectivity index (χ3n) is 6.90. The molecule has 2 N–H and O–H groups in total. The van der Waals surface area contributed by atoms with Crippen molar-refractivity contribution in [1.82, 2.24) is 4.98 Å². The molecule has 44 heavy (non-hydrogen) atoms. The number of carboxylic acid groups (broad SMARTS) is 1. The maximum absolute atomic E-state index is 13.2. The molecular formula is C31H26ClFLiN3O7. The third-order valence-corrected chi connectivity index (χ3v) is 7.20. The number of carboxylic acids is 1. The Morgan fingerprint density at radius 1 is 0.932 bits per heavy atom.